The Hall–Kier alpha value is -2.63. The fourth-order valence-corrected chi connectivity index (χ4v) is 1.98. The molecule has 0 spiro atoms. The molecule has 122 valence electrons. The third-order valence-corrected chi connectivity index (χ3v) is 3.19. The van der Waals surface area contributed by atoms with Crippen molar-refractivity contribution in [1.82, 2.24) is 15.3 Å². The standard InChI is InChI=1S/C17H22N4O2/c1-12(2)10-19-16(22)14-8-9-18-17(21-14)20-11-13-6-4-5-7-15(13)23-3/h4-9,12H,10-11H2,1-3H3,(H,19,22)(H,18,20,21). The lowest BCUT2D eigenvalue weighted by Crippen LogP contribution is -2.28. The summed E-state index contributed by atoms with van der Waals surface area (Å²) >= 11 is 0. The van der Waals surface area contributed by atoms with E-state index in [4.69, 9.17) is 4.74 Å². The minimum Gasteiger partial charge on any atom is -0.496 e. The quantitative estimate of drug-likeness (QED) is 0.821. The van der Waals surface area contributed by atoms with Crippen molar-refractivity contribution in [2.75, 3.05) is 19.0 Å². The number of methoxy groups -OCH3 is 1. The summed E-state index contributed by atoms with van der Waals surface area (Å²) in [4.78, 5) is 20.4. The molecule has 0 bridgehead atoms. The Morgan fingerprint density at radius 3 is 2.78 bits per heavy atom. The number of nitrogens with zero attached hydrogens (tertiary/aromatic N) is 2. The number of nitrogens with one attached hydrogen (secondary N) is 2. The van der Waals surface area contributed by atoms with Crippen LogP contribution in [-0.4, -0.2) is 29.5 Å². The number of anilines is 1. The predicted molar refractivity (Wildman–Crippen MR) is 89.5 cm³/mol. The largest absolute Gasteiger partial charge is 0.496 e. The summed E-state index contributed by atoms with van der Waals surface area (Å²) < 4.78 is 5.31. The van der Waals surface area contributed by atoms with Crippen molar-refractivity contribution in [3.8, 4) is 5.75 Å². The van der Waals surface area contributed by atoms with E-state index in [1.807, 2.05) is 38.1 Å². The lowest BCUT2D eigenvalue weighted by molar-refractivity contribution is 0.0944. The third-order valence-electron chi connectivity index (χ3n) is 3.19. The molecule has 0 radical (unpaired) electrons. The van der Waals surface area contributed by atoms with E-state index in [0.29, 0.717) is 30.6 Å². The van der Waals surface area contributed by atoms with Gasteiger partial charge in [0.15, 0.2) is 0 Å². The fraction of sp³-hybridized carbons (Fsp3) is 0.353. The summed E-state index contributed by atoms with van der Waals surface area (Å²) in [6.07, 6.45) is 1.57. The van der Waals surface area contributed by atoms with Crippen molar-refractivity contribution >= 4 is 11.9 Å². The maximum atomic E-state index is 12.0. The molecule has 1 aromatic carbocycles. The van der Waals surface area contributed by atoms with Gasteiger partial charge in [0.1, 0.15) is 11.4 Å². The monoisotopic (exact) mass is 314 g/mol. The Morgan fingerprint density at radius 1 is 1.26 bits per heavy atom. The number of benzene rings is 1. The van der Waals surface area contributed by atoms with E-state index in [-0.39, 0.29) is 5.91 Å². The predicted octanol–water partition coefficient (Wildman–Crippen LogP) is 2.48. The molecule has 2 aromatic rings. The fourth-order valence-electron chi connectivity index (χ4n) is 1.98. The van der Waals surface area contributed by atoms with E-state index in [0.717, 1.165) is 11.3 Å². The Labute approximate surface area is 136 Å². The summed E-state index contributed by atoms with van der Waals surface area (Å²) in [5, 5.41) is 5.95. The molecule has 2 rings (SSSR count). The molecule has 23 heavy (non-hydrogen) atoms. The molecule has 1 heterocycles. The zero-order valence-electron chi connectivity index (χ0n) is 13.7. The SMILES string of the molecule is COc1ccccc1CNc1nccc(C(=O)NCC(C)C)n1. The number of para-hydroxylation sites is 1. The Kier molecular flexibility index (Phi) is 5.91. The van der Waals surface area contributed by atoms with Crippen molar-refractivity contribution in [3.05, 3.63) is 47.8 Å². The number of ether oxygens (including phenoxy) is 1. The van der Waals surface area contributed by atoms with E-state index >= 15 is 0 Å². The summed E-state index contributed by atoms with van der Waals surface area (Å²) in [7, 11) is 1.63. The normalized spacial score (nSPS) is 10.4. The number of carbonyl (C=O) groups excluding carboxylic acids is 1. The highest BCUT2D eigenvalue weighted by molar-refractivity contribution is 5.92. The molecule has 1 aromatic heterocycles. The highest BCUT2D eigenvalue weighted by atomic mass is 16.5. The van der Waals surface area contributed by atoms with Crippen LogP contribution in [0.1, 0.15) is 29.9 Å². The number of rotatable bonds is 7. The van der Waals surface area contributed by atoms with Gasteiger partial charge in [-0.3, -0.25) is 4.79 Å². The zero-order valence-corrected chi connectivity index (χ0v) is 13.7. The topological polar surface area (TPSA) is 76.1 Å². The second-order valence-corrected chi connectivity index (χ2v) is 5.53. The van der Waals surface area contributed by atoms with E-state index < -0.39 is 0 Å². The van der Waals surface area contributed by atoms with E-state index in [1.54, 1.807) is 19.4 Å². The Balaban J connectivity index is 2.01. The molecule has 0 aliphatic carbocycles. The number of aromatic nitrogens is 2. The molecule has 0 unspecified atom stereocenters. The average Bonchev–Trinajstić information content (AvgIpc) is 2.58. The van der Waals surface area contributed by atoms with Gasteiger partial charge in [0.05, 0.1) is 7.11 Å². The maximum Gasteiger partial charge on any atom is 0.270 e. The van der Waals surface area contributed by atoms with Crippen molar-refractivity contribution in [2.24, 2.45) is 5.92 Å². The molecule has 0 saturated carbocycles. The molecule has 0 aliphatic heterocycles. The van der Waals surface area contributed by atoms with Gasteiger partial charge in [0, 0.05) is 24.8 Å². The number of amides is 1. The minimum absolute atomic E-state index is 0.193. The van der Waals surface area contributed by atoms with Crippen LogP contribution < -0.4 is 15.4 Å². The van der Waals surface area contributed by atoms with Crippen molar-refractivity contribution in [3.63, 3.8) is 0 Å². The van der Waals surface area contributed by atoms with Gasteiger partial charge in [-0.1, -0.05) is 32.0 Å². The second kappa shape index (κ2) is 8.12. The molecular weight excluding hydrogens is 292 g/mol. The Bertz CT molecular complexity index is 659. The van der Waals surface area contributed by atoms with E-state index in [2.05, 4.69) is 20.6 Å². The molecule has 1 amide bonds. The van der Waals surface area contributed by atoms with Crippen LogP contribution in [0, 0.1) is 5.92 Å². The van der Waals surface area contributed by atoms with Crippen LogP contribution >= 0.6 is 0 Å². The van der Waals surface area contributed by atoms with Gasteiger partial charge >= 0.3 is 0 Å². The first kappa shape index (κ1) is 16.7. The third kappa shape index (κ3) is 4.95. The minimum atomic E-state index is -0.193. The molecule has 6 nitrogen and oxygen atoms in total. The number of hydrogen-bond donors (Lipinski definition) is 2. The second-order valence-electron chi connectivity index (χ2n) is 5.53. The lowest BCUT2D eigenvalue weighted by Gasteiger charge is -2.10. The molecule has 0 atom stereocenters. The van der Waals surface area contributed by atoms with Crippen molar-refractivity contribution < 1.29 is 9.53 Å². The van der Waals surface area contributed by atoms with Crippen LogP contribution in [0.15, 0.2) is 36.5 Å². The van der Waals surface area contributed by atoms with Gasteiger partial charge in [-0.2, -0.15) is 0 Å². The van der Waals surface area contributed by atoms with Crippen LogP contribution in [-0.2, 0) is 6.54 Å². The molecule has 0 saturated heterocycles. The van der Waals surface area contributed by atoms with Gasteiger partial charge in [-0.15, -0.1) is 0 Å². The van der Waals surface area contributed by atoms with Crippen LogP contribution in [0.5, 0.6) is 5.75 Å². The first-order chi connectivity index (χ1) is 11.1. The van der Waals surface area contributed by atoms with Crippen molar-refractivity contribution in [1.29, 1.82) is 0 Å². The van der Waals surface area contributed by atoms with Gasteiger partial charge in [0.25, 0.3) is 5.91 Å². The summed E-state index contributed by atoms with van der Waals surface area (Å²) in [5.74, 6) is 1.41. The summed E-state index contributed by atoms with van der Waals surface area (Å²) in [6, 6.07) is 9.32. The molecule has 0 aliphatic rings. The first-order valence-electron chi connectivity index (χ1n) is 7.57. The molecular formula is C17H22N4O2. The molecule has 0 fully saturated rings. The highest BCUT2D eigenvalue weighted by Gasteiger charge is 2.09. The van der Waals surface area contributed by atoms with Crippen LogP contribution in [0.25, 0.3) is 0 Å². The average molecular weight is 314 g/mol. The first-order valence-corrected chi connectivity index (χ1v) is 7.57. The van der Waals surface area contributed by atoms with Gasteiger partial charge in [-0.05, 0) is 18.1 Å². The maximum absolute atomic E-state index is 12.0. The van der Waals surface area contributed by atoms with Crippen LogP contribution in [0.4, 0.5) is 5.95 Å². The zero-order chi connectivity index (χ0) is 16.7. The summed E-state index contributed by atoms with van der Waals surface area (Å²) in [5.41, 5.74) is 1.34. The van der Waals surface area contributed by atoms with Gasteiger partial charge in [-0.25, -0.2) is 9.97 Å². The molecule has 6 heteroatoms. The highest BCUT2D eigenvalue weighted by Crippen LogP contribution is 2.18. The molecule has 2 N–H and O–H groups in total. The van der Waals surface area contributed by atoms with Crippen molar-refractivity contribution in [2.45, 2.75) is 20.4 Å². The smallest absolute Gasteiger partial charge is 0.270 e. The van der Waals surface area contributed by atoms with E-state index in [1.165, 1.54) is 0 Å². The number of hydrogen-bond acceptors (Lipinski definition) is 5. The van der Waals surface area contributed by atoms with Crippen LogP contribution in [0.2, 0.25) is 0 Å². The number of carbonyl (C=O) groups is 1. The van der Waals surface area contributed by atoms with Gasteiger partial charge < -0.3 is 15.4 Å². The summed E-state index contributed by atoms with van der Waals surface area (Å²) in [6.45, 7) is 5.22. The van der Waals surface area contributed by atoms with Gasteiger partial charge in [0.2, 0.25) is 5.95 Å². The Morgan fingerprint density at radius 2 is 2.04 bits per heavy atom. The lowest BCUT2D eigenvalue weighted by atomic mass is 10.2. The van der Waals surface area contributed by atoms with Crippen LogP contribution in [0.3, 0.4) is 0 Å². The van der Waals surface area contributed by atoms with E-state index in [9.17, 15) is 4.79 Å².